The maximum absolute atomic E-state index is 11.9. The third-order valence-electron chi connectivity index (χ3n) is 2.82. The second-order valence-corrected chi connectivity index (χ2v) is 3.95. The van der Waals surface area contributed by atoms with Gasteiger partial charge in [0, 0.05) is 32.9 Å². The Labute approximate surface area is 97.1 Å². The van der Waals surface area contributed by atoms with Crippen LogP contribution in [0, 0.1) is 0 Å². The summed E-state index contributed by atoms with van der Waals surface area (Å²) in [5, 5.41) is 2.90. The van der Waals surface area contributed by atoms with Crippen LogP contribution in [0.25, 0.3) is 0 Å². The maximum atomic E-state index is 11.9. The van der Waals surface area contributed by atoms with Crippen LogP contribution in [0.4, 0.5) is 0 Å². The monoisotopic (exact) mass is 230 g/mol. The van der Waals surface area contributed by atoms with E-state index in [0.717, 1.165) is 26.1 Å². The van der Waals surface area contributed by atoms with Crippen molar-refractivity contribution in [3.8, 4) is 0 Å². The maximum Gasteiger partial charge on any atom is 0.236 e. The number of hydrogen-bond donors (Lipinski definition) is 1. The van der Waals surface area contributed by atoms with Gasteiger partial charge in [0.25, 0.3) is 0 Å². The summed E-state index contributed by atoms with van der Waals surface area (Å²) in [6.45, 7) is 3.15. The Hall–Kier alpha value is -0.650. The van der Waals surface area contributed by atoms with E-state index < -0.39 is 0 Å². The Bertz CT molecular complexity index is 205. The zero-order valence-electron chi connectivity index (χ0n) is 10.2. The zero-order valence-corrected chi connectivity index (χ0v) is 10.2. The van der Waals surface area contributed by atoms with Crippen LogP contribution in [0.1, 0.15) is 12.8 Å². The lowest BCUT2D eigenvalue weighted by molar-refractivity contribution is -0.135. The van der Waals surface area contributed by atoms with E-state index in [0.29, 0.717) is 25.7 Å². The highest BCUT2D eigenvalue weighted by molar-refractivity contribution is 5.78. The molecule has 0 saturated carbocycles. The molecule has 1 N–H and O–H groups in total. The van der Waals surface area contributed by atoms with Crippen LogP contribution in [0.5, 0.6) is 0 Å². The summed E-state index contributed by atoms with van der Waals surface area (Å²) in [4.78, 5) is 13.8. The van der Waals surface area contributed by atoms with Crippen LogP contribution < -0.4 is 5.32 Å². The lowest BCUT2D eigenvalue weighted by atomic mass is 10.1. The lowest BCUT2D eigenvalue weighted by Gasteiger charge is -2.34. The van der Waals surface area contributed by atoms with E-state index in [-0.39, 0.29) is 5.91 Å². The number of nitrogens with one attached hydrogen (secondary N) is 1. The number of ether oxygens (including phenoxy) is 2. The summed E-state index contributed by atoms with van der Waals surface area (Å²) in [5.41, 5.74) is 0. The molecule has 16 heavy (non-hydrogen) atoms. The molecule has 5 nitrogen and oxygen atoms in total. The molecule has 94 valence electrons. The highest BCUT2D eigenvalue weighted by Crippen LogP contribution is 2.14. The summed E-state index contributed by atoms with van der Waals surface area (Å²) in [6, 6.07) is 0.310. The van der Waals surface area contributed by atoms with Crippen LogP contribution in [-0.2, 0) is 14.3 Å². The van der Waals surface area contributed by atoms with E-state index in [4.69, 9.17) is 9.47 Å². The first-order valence-electron chi connectivity index (χ1n) is 5.80. The molecule has 5 heteroatoms. The van der Waals surface area contributed by atoms with Gasteiger partial charge in [-0.15, -0.1) is 0 Å². The van der Waals surface area contributed by atoms with Crippen LogP contribution in [-0.4, -0.2) is 63.9 Å². The van der Waals surface area contributed by atoms with Gasteiger partial charge in [-0.1, -0.05) is 0 Å². The van der Waals surface area contributed by atoms with Crippen molar-refractivity contribution in [2.24, 2.45) is 0 Å². The Morgan fingerprint density at radius 2 is 2.19 bits per heavy atom. The number of likely N-dealkylation sites (N-methyl/N-ethyl adjacent to an activating group) is 1. The van der Waals surface area contributed by atoms with Crippen molar-refractivity contribution in [2.75, 3.05) is 47.1 Å². The molecule has 0 bridgehead atoms. The normalized spacial score (nSPS) is 17.4. The first-order valence-corrected chi connectivity index (χ1v) is 5.80. The number of amides is 1. The molecule has 0 unspecified atom stereocenters. The molecule has 0 aromatic rings. The third kappa shape index (κ3) is 4.08. The summed E-state index contributed by atoms with van der Waals surface area (Å²) < 4.78 is 10.4. The molecule has 1 rings (SSSR count). The molecule has 1 heterocycles. The Balaban J connectivity index is 2.50. The van der Waals surface area contributed by atoms with Gasteiger partial charge in [0.15, 0.2) is 0 Å². The fraction of sp³-hybridized carbons (Fsp3) is 0.909. The number of hydrogen-bond acceptors (Lipinski definition) is 4. The molecule has 0 radical (unpaired) electrons. The molecular weight excluding hydrogens is 208 g/mol. The van der Waals surface area contributed by atoms with E-state index in [2.05, 4.69) is 5.32 Å². The summed E-state index contributed by atoms with van der Waals surface area (Å²) in [7, 11) is 3.45. The number of nitrogens with zero attached hydrogens (tertiary/aromatic N) is 1. The lowest BCUT2D eigenvalue weighted by Crippen LogP contribution is -2.47. The van der Waals surface area contributed by atoms with Crippen molar-refractivity contribution >= 4 is 5.91 Å². The van der Waals surface area contributed by atoms with E-state index in [1.165, 1.54) is 0 Å². The van der Waals surface area contributed by atoms with Gasteiger partial charge in [-0.05, 0) is 19.9 Å². The van der Waals surface area contributed by atoms with Crippen molar-refractivity contribution < 1.29 is 14.3 Å². The second-order valence-electron chi connectivity index (χ2n) is 3.95. The standard InChI is InChI=1S/C11H22N2O3/c1-12-9-11(14)13(5-8-15-2)10-3-6-16-7-4-10/h10,12H,3-9H2,1-2H3. The largest absolute Gasteiger partial charge is 0.383 e. The highest BCUT2D eigenvalue weighted by atomic mass is 16.5. The van der Waals surface area contributed by atoms with Gasteiger partial charge in [0.05, 0.1) is 13.2 Å². The molecule has 0 aromatic heterocycles. The highest BCUT2D eigenvalue weighted by Gasteiger charge is 2.24. The minimum Gasteiger partial charge on any atom is -0.383 e. The Morgan fingerprint density at radius 3 is 2.75 bits per heavy atom. The molecule has 1 fully saturated rings. The van der Waals surface area contributed by atoms with Crippen LogP contribution in [0.15, 0.2) is 0 Å². The minimum atomic E-state index is 0.145. The van der Waals surface area contributed by atoms with E-state index in [9.17, 15) is 4.79 Å². The van der Waals surface area contributed by atoms with Crippen molar-refractivity contribution in [2.45, 2.75) is 18.9 Å². The van der Waals surface area contributed by atoms with E-state index in [1.54, 1.807) is 14.2 Å². The molecule has 0 aliphatic carbocycles. The van der Waals surface area contributed by atoms with Gasteiger partial charge in [-0.2, -0.15) is 0 Å². The van der Waals surface area contributed by atoms with Gasteiger partial charge < -0.3 is 19.7 Å². The molecule has 0 atom stereocenters. The first-order chi connectivity index (χ1) is 7.79. The quantitative estimate of drug-likeness (QED) is 0.690. The average molecular weight is 230 g/mol. The number of rotatable bonds is 6. The Kier molecular flexibility index (Phi) is 6.37. The SMILES string of the molecule is CNCC(=O)N(CCOC)C1CCOCC1. The van der Waals surface area contributed by atoms with Gasteiger partial charge in [-0.25, -0.2) is 0 Å². The summed E-state index contributed by atoms with van der Waals surface area (Å²) in [5.74, 6) is 0.145. The Morgan fingerprint density at radius 1 is 1.50 bits per heavy atom. The average Bonchev–Trinajstić information content (AvgIpc) is 2.31. The van der Waals surface area contributed by atoms with Crippen molar-refractivity contribution in [1.82, 2.24) is 10.2 Å². The van der Waals surface area contributed by atoms with Gasteiger partial charge >= 0.3 is 0 Å². The fourth-order valence-electron chi connectivity index (χ4n) is 1.95. The molecule has 1 saturated heterocycles. The molecule has 0 spiro atoms. The van der Waals surface area contributed by atoms with Crippen LogP contribution in [0.2, 0.25) is 0 Å². The van der Waals surface area contributed by atoms with Gasteiger partial charge in [0.1, 0.15) is 0 Å². The predicted molar refractivity (Wildman–Crippen MR) is 61.4 cm³/mol. The molecular formula is C11H22N2O3. The molecule has 0 aromatic carbocycles. The smallest absolute Gasteiger partial charge is 0.236 e. The van der Waals surface area contributed by atoms with Gasteiger partial charge in [-0.3, -0.25) is 4.79 Å². The fourth-order valence-corrected chi connectivity index (χ4v) is 1.95. The predicted octanol–water partition coefficient (Wildman–Crippen LogP) is -0.140. The van der Waals surface area contributed by atoms with Crippen LogP contribution in [0.3, 0.4) is 0 Å². The number of methoxy groups -OCH3 is 1. The molecule has 1 aliphatic rings. The number of carbonyl (C=O) groups excluding carboxylic acids is 1. The van der Waals surface area contributed by atoms with E-state index in [1.807, 2.05) is 4.90 Å². The van der Waals surface area contributed by atoms with E-state index >= 15 is 0 Å². The van der Waals surface area contributed by atoms with Crippen molar-refractivity contribution in [1.29, 1.82) is 0 Å². The molecule has 1 aliphatic heterocycles. The summed E-state index contributed by atoms with van der Waals surface area (Å²) >= 11 is 0. The molecule has 1 amide bonds. The third-order valence-corrected chi connectivity index (χ3v) is 2.82. The zero-order chi connectivity index (χ0) is 11.8. The second kappa shape index (κ2) is 7.60. The van der Waals surface area contributed by atoms with Crippen molar-refractivity contribution in [3.63, 3.8) is 0 Å². The number of carbonyl (C=O) groups is 1. The van der Waals surface area contributed by atoms with Crippen molar-refractivity contribution in [3.05, 3.63) is 0 Å². The first kappa shape index (κ1) is 13.4. The minimum absolute atomic E-state index is 0.145. The van der Waals surface area contributed by atoms with Crippen LogP contribution >= 0.6 is 0 Å². The topological polar surface area (TPSA) is 50.8 Å². The summed E-state index contributed by atoms with van der Waals surface area (Å²) in [6.07, 6.45) is 1.86. The van der Waals surface area contributed by atoms with Gasteiger partial charge in [0.2, 0.25) is 5.91 Å².